The maximum Gasteiger partial charge on any atom is 0.137 e. The summed E-state index contributed by atoms with van der Waals surface area (Å²) >= 11 is 0. The Morgan fingerprint density at radius 3 is 2.61 bits per heavy atom. The van der Waals surface area contributed by atoms with Gasteiger partial charge in [0.05, 0.1) is 12.2 Å². The molecule has 1 aromatic carbocycles. The molecule has 1 rings (SSSR count). The van der Waals surface area contributed by atoms with Gasteiger partial charge in [0.25, 0.3) is 0 Å². The van der Waals surface area contributed by atoms with E-state index in [0.29, 0.717) is 17.9 Å². The maximum absolute atomic E-state index is 8.89. The lowest BCUT2D eigenvalue weighted by Crippen LogP contribution is -2.04. The van der Waals surface area contributed by atoms with E-state index in [1.54, 1.807) is 6.07 Å². The van der Waals surface area contributed by atoms with Crippen molar-refractivity contribution in [2.24, 2.45) is 0 Å². The van der Waals surface area contributed by atoms with Gasteiger partial charge in [0.15, 0.2) is 0 Å². The van der Waals surface area contributed by atoms with Crippen molar-refractivity contribution in [3.8, 4) is 11.8 Å². The van der Waals surface area contributed by atoms with Gasteiger partial charge in [0, 0.05) is 19.6 Å². The molecule has 1 aromatic rings. The molecule has 0 saturated carbocycles. The number of hydrogen-bond acceptors (Lipinski definition) is 3. The van der Waals surface area contributed by atoms with Gasteiger partial charge in [-0.3, -0.25) is 0 Å². The third kappa shape index (κ3) is 5.70. The first kappa shape index (κ1) is 14.5. The summed E-state index contributed by atoms with van der Waals surface area (Å²) in [4.78, 5) is 0. The fourth-order valence-electron chi connectivity index (χ4n) is 1.58. The van der Waals surface area contributed by atoms with E-state index in [-0.39, 0.29) is 0 Å². The minimum Gasteiger partial charge on any atom is -0.492 e. The Morgan fingerprint density at radius 1 is 1.06 bits per heavy atom. The Kier molecular flexibility index (Phi) is 7.66. The predicted molar refractivity (Wildman–Crippen MR) is 71.6 cm³/mol. The van der Waals surface area contributed by atoms with Crippen LogP contribution in [0.1, 0.15) is 38.2 Å². The highest BCUT2D eigenvalue weighted by Crippen LogP contribution is 2.16. The molecule has 0 saturated heterocycles. The second-order valence-electron chi connectivity index (χ2n) is 4.13. The summed E-state index contributed by atoms with van der Waals surface area (Å²) in [5.74, 6) is 0.658. The molecule has 0 atom stereocenters. The predicted octanol–water partition coefficient (Wildman–Crippen LogP) is 3.53. The minimum atomic E-state index is 0.585. The molecule has 3 nitrogen and oxygen atoms in total. The Morgan fingerprint density at radius 2 is 1.83 bits per heavy atom. The fourth-order valence-corrected chi connectivity index (χ4v) is 1.58. The standard InChI is InChI=1S/C15H21NO2/c1-2-3-6-10-17-11-7-12-18-15-9-5-4-8-14(15)13-16/h4-5,8-9H,2-3,6-7,10-12H2,1H3. The van der Waals surface area contributed by atoms with Crippen LogP contribution in [0.3, 0.4) is 0 Å². The van der Waals surface area contributed by atoms with Crippen molar-refractivity contribution in [1.82, 2.24) is 0 Å². The van der Waals surface area contributed by atoms with Crippen LogP contribution in [0, 0.1) is 11.3 Å². The normalized spacial score (nSPS) is 10.0. The SMILES string of the molecule is CCCCCOCCCOc1ccccc1C#N. The van der Waals surface area contributed by atoms with Crippen LogP contribution in [-0.4, -0.2) is 19.8 Å². The Labute approximate surface area is 109 Å². The molecule has 0 heterocycles. The van der Waals surface area contributed by atoms with E-state index in [4.69, 9.17) is 14.7 Å². The smallest absolute Gasteiger partial charge is 0.137 e. The molecule has 0 aliphatic heterocycles. The van der Waals surface area contributed by atoms with Gasteiger partial charge in [-0.05, 0) is 18.6 Å². The molecule has 18 heavy (non-hydrogen) atoms. The van der Waals surface area contributed by atoms with Crippen LogP contribution in [0.4, 0.5) is 0 Å². The molecule has 0 fully saturated rings. The van der Waals surface area contributed by atoms with E-state index in [0.717, 1.165) is 26.1 Å². The topological polar surface area (TPSA) is 42.2 Å². The zero-order valence-corrected chi connectivity index (χ0v) is 11.0. The summed E-state index contributed by atoms with van der Waals surface area (Å²) in [6, 6.07) is 9.40. The average Bonchev–Trinajstić information content (AvgIpc) is 2.42. The molecule has 98 valence electrons. The van der Waals surface area contributed by atoms with Crippen molar-refractivity contribution in [3.05, 3.63) is 29.8 Å². The quantitative estimate of drug-likeness (QED) is 0.627. The summed E-state index contributed by atoms with van der Waals surface area (Å²) in [7, 11) is 0. The third-order valence-electron chi connectivity index (χ3n) is 2.59. The first-order valence-electron chi connectivity index (χ1n) is 6.58. The van der Waals surface area contributed by atoms with Crippen LogP contribution in [0.25, 0.3) is 0 Å². The molecule has 0 bridgehead atoms. The second-order valence-corrected chi connectivity index (χ2v) is 4.13. The van der Waals surface area contributed by atoms with Crippen LogP contribution in [0.15, 0.2) is 24.3 Å². The van der Waals surface area contributed by atoms with Crippen molar-refractivity contribution < 1.29 is 9.47 Å². The average molecular weight is 247 g/mol. The monoisotopic (exact) mass is 247 g/mol. The third-order valence-corrected chi connectivity index (χ3v) is 2.59. The molecule has 0 unspecified atom stereocenters. The van der Waals surface area contributed by atoms with Crippen molar-refractivity contribution in [2.45, 2.75) is 32.6 Å². The highest BCUT2D eigenvalue weighted by Gasteiger charge is 2.00. The molecule has 0 spiro atoms. The molecule has 0 radical (unpaired) electrons. The zero-order valence-electron chi connectivity index (χ0n) is 11.0. The van der Waals surface area contributed by atoms with E-state index in [2.05, 4.69) is 13.0 Å². The van der Waals surface area contributed by atoms with Crippen LogP contribution in [-0.2, 0) is 4.74 Å². The summed E-state index contributed by atoms with van der Waals surface area (Å²) in [5.41, 5.74) is 0.585. The van der Waals surface area contributed by atoms with Crippen LogP contribution in [0.2, 0.25) is 0 Å². The van der Waals surface area contributed by atoms with Gasteiger partial charge in [-0.15, -0.1) is 0 Å². The van der Waals surface area contributed by atoms with Crippen LogP contribution < -0.4 is 4.74 Å². The van der Waals surface area contributed by atoms with E-state index in [1.807, 2.05) is 18.2 Å². The summed E-state index contributed by atoms with van der Waals surface area (Å²) in [6.07, 6.45) is 4.43. The number of nitriles is 1. The number of hydrogen-bond donors (Lipinski definition) is 0. The second kappa shape index (κ2) is 9.49. The molecular formula is C15H21NO2. The van der Waals surface area contributed by atoms with Crippen molar-refractivity contribution in [3.63, 3.8) is 0 Å². The number of unbranched alkanes of at least 4 members (excludes halogenated alkanes) is 2. The zero-order chi connectivity index (χ0) is 13.1. The molecular weight excluding hydrogens is 226 g/mol. The Bertz CT molecular complexity index is 371. The van der Waals surface area contributed by atoms with Gasteiger partial charge >= 0.3 is 0 Å². The first-order chi connectivity index (χ1) is 8.88. The van der Waals surface area contributed by atoms with Crippen molar-refractivity contribution in [1.29, 1.82) is 5.26 Å². The summed E-state index contributed by atoms with van der Waals surface area (Å²) in [5, 5.41) is 8.89. The Balaban J connectivity index is 2.09. The lowest BCUT2D eigenvalue weighted by atomic mass is 10.2. The molecule has 0 N–H and O–H groups in total. The van der Waals surface area contributed by atoms with Crippen LogP contribution in [0.5, 0.6) is 5.75 Å². The van der Waals surface area contributed by atoms with Crippen molar-refractivity contribution in [2.75, 3.05) is 19.8 Å². The van der Waals surface area contributed by atoms with Crippen LogP contribution >= 0.6 is 0 Å². The number of rotatable bonds is 9. The van der Waals surface area contributed by atoms with E-state index in [9.17, 15) is 0 Å². The lowest BCUT2D eigenvalue weighted by Gasteiger charge is -2.07. The highest BCUT2D eigenvalue weighted by molar-refractivity contribution is 5.42. The molecule has 3 heteroatoms. The highest BCUT2D eigenvalue weighted by atomic mass is 16.5. The number of para-hydroxylation sites is 1. The largest absolute Gasteiger partial charge is 0.492 e. The summed E-state index contributed by atoms with van der Waals surface area (Å²) in [6.45, 7) is 4.33. The van der Waals surface area contributed by atoms with Gasteiger partial charge in [0.2, 0.25) is 0 Å². The van der Waals surface area contributed by atoms with Gasteiger partial charge in [-0.25, -0.2) is 0 Å². The van der Waals surface area contributed by atoms with E-state index < -0.39 is 0 Å². The maximum atomic E-state index is 8.89. The lowest BCUT2D eigenvalue weighted by molar-refractivity contribution is 0.116. The first-order valence-corrected chi connectivity index (χ1v) is 6.58. The molecule has 0 aliphatic carbocycles. The van der Waals surface area contributed by atoms with E-state index in [1.165, 1.54) is 12.8 Å². The van der Waals surface area contributed by atoms with Gasteiger partial charge in [0.1, 0.15) is 11.8 Å². The van der Waals surface area contributed by atoms with Crippen molar-refractivity contribution >= 4 is 0 Å². The Hall–Kier alpha value is -1.53. The van der Waals surface area contributed by atoms with Gasteiger partial charge in [-0.1, -0.05) is 31.9 Å². The number of nitrogens with zero attached hydrogens (tertiary/aromatic N) is 1. The van der Waals surface area contributed by atoms with E-state index >= 15 is 0 Å². The molecule has 0 aromatic heterocycles. The fraction of sp³-hybridized carbons (Fsp3) is 0.533. The van der Waals surface area contributed by atoms with Gasteiger partial charge in [-0.2, -0.15) is 5.26 Å². The number of ether oxygens (including phenoxy) is 2. The number of benzene rings is 1. The van der Waals surface area contributed by atoms with Gasteiger partial charge < -0.3 is 9.47 Å². The molecule has 0 aliphatic rings. The minimum absolute atomic E-state index is 0.585. The molecule has 0 amide bonds. The summed E-state index contributed by atoms with van der Waals surface area (Å²) < 4.78 is 11.0.